The van der Waals surface area contributed by atoms with Crippen molar-refractivity contribution < 1.29 is 14.3 Å². The Bertz CT molecular complexity index is 1390. The topological polar surface area (TPSA) is 82.5 Å². The molecule has 0 saturated carbocycles. The molecular weight excluding hydrogens is 430 g/mol. The molecule has 34 heavy (non-hydrogen) atoms. The van der Waals surface area contributed by atoms with Gasteiger partial charge < -0.3 is 14.8 Å². The highest BCUT2D eigenvalue weighted by Gasteiger charge is 2.11. The lowest BCUT2D eigenvalue weighted by atomic mass is 10.1. The Labute approximate surface area is 197 Å². The van der Waals surface area contributed by atoms with Crippen LogP contribution >= 0.6 is 0 Å². The van der Waals surface area contributed by atoms with Crippen LogP contribution in [0.15, 0.2) is 77.6 Å². The van der Waals surface area contributed by atoms with Gasteiger partial charge in [0.05, 0.1) is 23.7 Å². The van der Waals surface area contributed by atoms with Crippen LogP contribution in [0.5, 0.6) is 11.5 Å². The molecule has 1 aromatic heterocycles. The molecule has 172 valence electrons. The summed E-state index contributed by atoms with van der Waals surface area (Å²) in [5.74, 6) is 1.27. The Morgan fingerprint density at radius 3 is 2.53 bits per heavy atom. The van der Waals surface area contributed by atoms with E-state index in [-0.39, 0.29) is 18.1 Å². The van der Waals surface area contributed by atoms with Crippen molar-refractivity contribution in [2.24, 2.45) is 0 Å². The average molecular weight is 456 g/mol. The van der Waals surface area contributed by atoms with Gasteiger partial charge in [0.25, 0.3) is 11.5 Å². The van der Waals surface area contributed by atoms with Crippen LogP contribution in [0.3, 0.4) is 0 Å². The lowest BCUT2D eigenvalue weighted by molar-refractivity contribution is -0.123. The summed E-state index contributed by atoms with van der Waals surface area (Å²) in [5.41, 5.74) is 2.05. The van der Waals surface area contributed by atoms with Crippen LogP contribution in [0.4, 0.5) is 0 Å². The monoisotopic (exact) mass is 455 g/mol. The fraction of sp³-hybridized carbons (Fsp3) is 0.148. The van der Waals surface area contributed by atoms with Gasteiger partial charge >= 0.3 is 0 Å². The summed E-state index contributed by atoms with van der Waals surface area (Å²) in [6, 6.07) is 22.1. The van der Waals surface area contributed by atoms with Gasteiger partial charge in [-0.1, -0.05) is 42.5 Å². The third kappa shape index (κ3) is 4.99. The van der Waals surface area contributed by atoms with Gasteiger partial charge in [0, 0.05) is 6.54 Å². The summed E-state index contributed by atoms with van der Waals surface area (Å²) in [6.45, 7) is 2.30. The molecule has 0 aliphatic heterocycles. The molecule has 0 saturated heterocycles. The number of hydrogen-bond donors (Lipinski definition) is 1. The first kappa shape index (κ1) is 22.8. The second-order valence-electron chi connectivity index (χ2n) is 7.45. The molecule has 0 aliphatic carbocycles. The normalized spacial score (nSPS) is 11.0. The van der Waals surface area contributed by atoms with E-state index in [1.807, 2.05) is 67.6 Å². The van der Waals surface area contributed by atoms with Crippen molar-refractivity contribution in [1.29, 1.82) is 0 Å². The van der Waals surface area contributed by atoms with Crippen molar-refractivity contribution in [2.45, 2.75) is 6.92 Å². The van der Waals surface area contributed by atoms with E-state index in [1.165, 1.54) is 0 Å². The molecule has 0 unspecified atom stereocenters. The number of likely N-dealkylation sites (N-methyl/N-ethyl adjacent to an activating group) is 1. The standard InChI is InChI=1S/C27H25N3O4/c1-3-28-26(31)18-34-23-15-13-19(17-24(23)33-2)14-16-25-29-22-12-8-7-11-21(22)27(32)30(25)20-9-5-4-6-10-20/h4-17H,3,18H2,1-2H3,(H,28,31)/b16-14+. The minimum Gasteiger partial charge on any atom is -0.493 e. The van der Waals surface area contributed by atoms with Gasteiger partial charge in [-0.05, 0) is 55.0 Å². The van der Waals surface area contributed by atoms with E-state index < -0.39 is 0 Å². The molecule has 0 atom stereocenters. The van der Waals surface area contributed by atoms with Crippen molar-refractivity contribution >= 4 is 29.0 Å². The van der Waals surface area contributed by atoms with Crippen LogP contribution in [0, 0.1) is 0 Å². The second-order valence-corrected chi connectivity index (χ2v) is 7.45. The molecular formula is C27H25N3O4. The summed E-state index contributed by atoms with van der Waals surface area (Å²) in [5, 5.41) is 3.24. The number of para-hydroxylation sites is 2. The summed E-state index contributed by atoms with van der Waals surface area (Å²) in [6.07, 6.45) is 3.65. The van der Waals surface area contributed by atoms with E-state index in [2.05, 4.69) is 5.32 Å². The molecule has 1 amide bonds. The van der Waals surface area contributed by atoms with Crippen LogP contribution in [0.1, 0.15) is 18.3 Å². The maximum absolute atomic E-state index is 13.3. The van der Waals surface area contributed by atoms with Gasteiger partial charge in [-0.15, -0.1) is 0 Å². The first-order valence-corrected chi connectivity index (χ1v) is 10.9. The Kier molecular flexibility index (Phi) is 7.03. The lowest BCUT2D eigenvalue weighted by Crippen LogP contribution is -2.28. The van der Waals surface area contributed by atoms with Crippen LogP contribution < -0.4 is 20.3 Å². The number of carbonyl (C=O) groups is 1. The smallest absolute Gasteiger partial charge is 0.266 e. The molecule has 3 aromatic carbocycles. The van der Waals surface area contributed by atoms with Crippen LogP contribution in [-0.2, 0) is 4.79 Å². The van der Waals surface area contributed by atoms with Gasteiger partial charge in [0.2, 0.25) is 0 Å². The van der Waals surface area contributed by atoms with Crippen molar-refractivity contribution in [3.8, 4) is 17.2 Å². The maximum atomic E-state index is 13.3. The third-order valence-corrected chi connectivity index (χ3v) is 5.16. The Balaban J connectivity index is 1.70. The highest BCUT2D eigenvalue weighted by atomic mass is 16.5. The van der Waals surface area contributed by atoms with Crippen LogP contribution in [0.2, 0.25) is 0 Å². The number of carbonyl (C=O) groups excluding carboxylic acids is 1. The number of nitrogens with zero attached hydrogens (tertiary/aromatic N) is 2. The van der Waals surface area contributed by atoms with Gasteiger partial charge in [-0.25, -0.2) is 4.98 Å². The summed E-state index contributed by atoms with van der Waals surface area (Å²) < 4.78 is 12.6. The average Bonchev–Trinajstić information content (AvgIpc) is 2.87. The van der Waals surface area contributed by atoms with Gasteiger partial charge in [-0.2, -0.15) is 0 Å². The SMILES string of the molecule is CCNC(=O)COc1ccc(/C=C/c2nc3ccccc3c(=O)n2-c2ccccc2)cc1OC. The lowest BCUT2D eigenvalue weighted by Gasteiger charge is -2.12. The molecule has 0 radical (unpaired) electrons. The third-order valence-electron chi connectivity index (χ3n) is 5.16. The number of aromatic nitrogens is 2. The second kappa shape index (κ2) is 10.5. The quantitative estimate of drug-likeness (QED) is 0.433. The molecule has 0 fully saturated rings. The number of benzene rings is 3. The van der Waals surface area contributed by atoms with Crippen molar-refractivity contribution in [2.75, 3.05) is 20.3 Å². The van der Waals surface area contributed by atoms with Gasteiger partial charge in [0.15, 0.2) is 18.1 Å². The maximum Gasteiger partial charge on any atom is 0.266 e. The van der Waals surface area contributed by atoms with E-state index in [0.29, 0.717) is 34.8 Å². The Morgan fingerprint density at radius 2 is 1.76 bits per heavy atom. The molecule has 0 bridgehead atoms. The number of amides is 1. The fourth-order valence-corrected chi connectivity index (χ4v) is 3.56. The van der Waals surface area contributed by atoms with Crippen molar-refractivity contribution in [1.82, 2.24) is 14.9 Å². The predicted octanol–water partition coefficient (Wildman–Crippen LogP) is 4.08. The zero-order valence-electron chi connectivity index (χ0n) is 19.0. The van der Waals surface area contributed by atoms with Crippen molar-refractivity contribution in [3.05, 3.63) is 94.5 Å². The van der Waals surface area contributed by atoms with Crippen molar-refractivity contribution in [3.63, 3.8) is 0 Å². The zero-order valence-corrected chi connectivity index (χ0v) is 19.0. The molecule has 7 nitrogen and oxygen atoms in total. The zero-order chi connectivity index (χ0) is 23.9. The fourth-order valence-electron chi connectivity index (χ4n) is 3.56. The molecule has 0 aliphatic rings. The first-order valence-electron chi connectivity index (χ1n) is 10.9. The minimum absolute atomic E-state index is 0.0935. The first-order chi connectivity index (χ1) is 16.6. The molecule has 1 N–H and O–H groups in total. The minimum atomic E-state index is -0.199. The van der Waals surface area contributed by atoms with Crippen LogP contribution in [-0.4, -0.2) is 35.7 Å². The predicted molar refractivity (Wildman–Crippen MR) is 133 cm³/mol. The molecule has 4 aromatic rings. The van der Waals surface area contributed by atoms with Gasteiger partial charge in [-0.3, -0.25) is 14.2 Å². The van der Waals surface area contributed by atoms with E-state index in [0.717, 1.165) is 11.3 Å². The van der Waals surface area contributed by atoms with E-state index in [9.17, 15) is 9.59 Å². The largest absolute Gasteiger partial charge is 0.493 e. The number of hydrogen-bond acceptors (Lipinski definition) is 5. The Morgan fingerprint density at radius 1 is 1.00 bits per heavy atom. The van der Waals surface area contributed by atoms with E-state index in [1.54, 1.807) is 36.0 Å². The summed E-state index contributed by atoms with van der Waals surface area (Å²) >= 11 is 0. The number of rotatable bonds is 8. The molecule has 1 heterocycles. The number of fused-ring (bicyclic) bond motifs is 1. The number of ether oxygens (including phenoxy) is 2. The van der Waals surface area contributed by atoms with E-state index >= 15 is 0 Å². The highest BCUT2D eigenvalue weighted by Crippen LogP contribution is 2.29. The van der Waals surface area contributed by atoms with Crippen LogP contribution in [0.25, 0.3) is 28.7 Å². The highest BCUT2D eigenvalue weighted by molar-refractivity contribution is 5.80. The van der Waals surface area contributed by atoms with E-state index in [4.69, 9.17) is 14.5 Å². The number of methoxy groups -OCH3 is 1. The molecule has 0 spiro atoms. The van der Waals surface area contributed by atoms with Gasteiger partial charge in [0.1, 0.15) is 5.82 Å². The molecule has 7 heteroatoms. The molecule has 4 rings (SSSR count). The summed E-state index contributed by atoms with van der Waals surface area (Å²) in [7, 11) is 1.54. The Hall–Kier alpha value is -4.39. The summed E-state index contributed by atoms with van der Waals surface area (Å²) in [4.78, 5) is 29.7. The number of nitrogens with one attached hydrogen (secondary N) is 1.